The summed E-state index contributed by atoms with van der Waals surface area (Å²) >= 11 is 1.34. The number of nitrogens with one attached hydrogen (secondary N) is 2. The average Bonchev–Trinajstić information content (AvgIpc) is 3.25. The summed E-state index contributed by atoms with van der Waals surface area (Å²) in [6, 6.07) is 7.45. The van der Waals surface area contributed by atoms with Gasteiger partial charge in [-0.25, -0.2) is 4.68 Å². The fraction of sp³-hybridized carbons (Fsp3) is 0.304. The number of carbonyl (C=O) groups excluding carboxylic acids is 2. The second kappa shape index (κ2) is 11.2. The standard InChI is InChI=1S/C23H21F6N5O2S/c1-3-30-20(35)14-4-6-17(7-5-14)34-18(12-37-2)19(32-33-34)21(36)31-11-13-8-15(22(24,25)26)10-16(9-13)23(27,28)29/h4-10H,3,11-12H2,1-2H3,(H,30,35)(H,31,36). The van der Waals surface area contributed by atoms with E-state index in [2.05, 4.69) is 20.9 Å². The summed E-state index contributed by atoms with van der Waals surface area (Å²) in [5.41, 5.74) is -2.20. The second-order valence-corrected chi connectivity index (χ2v) is 8.60. The molecule has 0 atom stereocenters. The Morgan fingerprint density at radius 3 is 2.03 bits per heavy atom. The van der Waals surface area contributed by atoms with Gasteiger partial charge >= 0.3 is 12.4 Å². The molecule has 1 heterocycles. The number of benzene rings is 2. The van der Waals surface area contributed by atoms with Crippen LogP contribution in [0.5, 0.6) is 0 Å². The Labute approximate surface area is 211 Å². The van der Waals surface area contributed by atoms with Crippen molar-refractivity contribution in [3.8, 4) is 5.69 Å². The van der Waals surface area contributed by atoms with Crippen LogP contribution in [0.1, 0.15) is 50.2 Å². The van der Waals surface area contributed by atoms with Gasteiger partial charge in [-0.2, -0.15) is 38.1 Å². The van der Waals surface area contributed by atoms with Crippen molar-refractivity contribution in [2.45, 2.75) is 31.6 Å². The molecule has 2 aromatic carbocycles. The molecule has 0 saturated carbocycles. The van der Waals surface area contributed by atoms with Crippen LogP contribution in [0.4, 0.5) is 26.3 Å². The van der Waals surface area contributed by atoms with E-state index in [1.807, 2.05) is 0 Å². The lowest BCUT2D eigenvalue weighted by molar-refractivity contribution is -0.143. The molecule has 0 spiro atoms. The highest BCUT2D eigenvalue weighted by Crippen LogP contribution is 2.36. The van der Waals surface area contributed by atoms with Gasteiger partial charge in [0.1, 0.15) is 0 Å². The van der Waals surface area contributed by atoms with E-state index in [0.29, 0.717) is 35.6 Å². The van der Waals surface area contributed by atoms with Crippen LogP contribution >= 0.6 is 11.8 Å². The molecule has 0 radical (unpaired) electrons. The molecule has 0 aliphatic rings. The highest BCUT2D eigenvalue weighted by atomic mass is 32.2. The summed E-state index contributed by atoms with van der Waals surface area (Å²) in [6.45, 7) is 1.64. The van der Waals surface area contributed by atoms with Gasteiger partial charge < -0.3 is 10.6 Å². The van der Waals surface area contributed by atoms with Crippen molar-refractivity contribution in [1.82, 2.24) is 25.6 Å². The molecule has 0 aliphatic heterocycles. The largest absolute Gasteiger partial charge is 0.416 e. The van der Waals surface area contributed by atoms with Crippen LogP contribution < -0.4 is 10.6 Å². The lowest BCUT2D eigenvalue weighted by Crippen LogP contribution is -2.25. The molecule has 0 saturated heterocycles. The Kier molecular flexibility index (Phi) is 8.51. The highest BCUT2D eigenvalue weighted by molar-refractivity contribution is 7.97. The third kappa shape index (κ3) is 6.81. The zero-order valence-corrected chi connectivity index (χ0v) is 20.3. The van der Waals surface area contributed by atoms with Gasteiger partial charge in [-0.05, 0) is 61.2 Å². The van der Waals surface area contributed by atoms with Crippen molar-refractivity contribution >= 4 is 23.6 Å². The first-order valence-corrected chi connectivity index (χ1v) is 12.1. The first-order valence-electron chi connectivity index (χ1n) is 10.7. The fourth-order valence-corrected chi connectivity index (χ4v) is 3.89. The number of nitrogens with zero attached hydrogens (tertiary/aromatic N) is 3. The normalized spacial score (nSPS) is 11.9. The zero-order chi connectivity index (χ0) is 27.4. The van der Waals surface area contributed by atoms with E-state index in [1.54, 1.807) is 37.4 Å². The number of alkyl halides is 6. The number of amides is 2. The Morgan fingerprint density at radius 1 is 0.919 bits per heavy atom. The first kappa shape index (κ1) is 28.0. The Bertz CT molecular complexity index is 1240. The molecule has 7 nitrogen and oxygen atoms in total. The third-order valence-electron chi connectivity index (χ3n) is 5.07. The van der Waals surface area contributed by atoms with Gasteiger partial charge in [-0.3, -0.25) is 9.59 Å². The lowest BCUT2D eigenvalue weighted by Gasteiger charge is -2.14. The SMILES string of the molecule is CCNC(=O)c1ccc(-n2nnc(C(=O)NCc3cc(C(F)(F)F)cc(C(F)(F)F)c3)c2CSC)cc1. The maximum atomic E-state index is 13.1. The number of halogens is 6. The molecule has 0 aliphatic carbocycles. The molecular formula is C23H21F6N5O2S. The smallest absolute Gasteiger partial charge is 0.352 e. The molecule has 0 fully saturated rings. The van der Waals surface area contributed by atoms with Crippen LogP contribution in [0.15, 0.2) is 42.5 Å². The van der Waals surface area contributed by atoms with Crippen molar-refractivity contribution in [1.29, 1.82) is 0 Å². The van der Waals surface area contributed by atoms with Crippen molar-refractivity contribution in [3.05, 3.63) is 76.1 Å². The molecule has 37 heavy (non-hydrogen) atoms. The van der Waals surface area contributed by atoms with E-state index in [9.17, 15) is 35.9 Å². The molecule has 1 aromatic heterocycles. The van der Waals surface area contributed by atoms with Crippen molar-refractivity contribution in [2.75, 3.05) is 12.8 Å². The van der Waals surface area contributed by atoms with Crippen LogP contribution in [-0.2, 0) is 24.7 Å². The fourth-order valence-electron chi connectivity index (χ4n) is 3.36. The molecule has 3 rings (SSSR count). The summed E-state index contributed by atoms with van der Waals surface area (Å²) in [5.74, 6) is -0.809. The maximum Gasteiger partial charge on any atom is 0.416 e. The summed E-state index contributed by atoms with van der Waals surface area (Å²) in [5, 5.41) is 12.8. The summed E-state index contributed by atoms with van der Waals surface area (Å²) in [6.07, 6.45) is -8.24. The van der Waals surface area contributed by atoms with E-state index in [4.69, 9.17) is 0 Å². The molecule has 2 N–H and O–H groups in total. The number of rotatable bonds is 8. The molecule has 2 amide bonds. The summed E-state index contributed by atoms with van der Waals surface area (Å²) in [4.78, 5) is 24.8. The van der Waals surface area contributed by atoms with Gasteiger partial charge in [-0.1, -0.05) is 5.21 Å². The predicted octanol–water partition coefficient (Wildman–Crippen LogP) is 4.85. The van der Waals surface area contributed by atoms with Gasteiger partial charge in [0.15, 0.2) is 5.69 Å². The van der Waals surface area contributed by atoms with Crippen molar-refractivity contribution < 1.29 is 35.9 Å². The number of carbonyl (C=O) groups is 2. The van der Waals surface area contributed by atoms with Gasteiger partial charge in [0.2, 0.25) is 0 Å². The van der Waals surface area contributed by atoms with Crippen molar-refractivity contribution in [2.24, 2.45) is 0 Å². The monoisotopic (exact) mass is 545 g/mol. The number of aromatic nitrogens is 3. The third-order valence-corrected chi connectivity index (χ3v) is 5.63. The summed E-state index contributed by atoms with van der Waals surface area (Å²) in [7, 11) is 0. The Balaban J connectivity index is 1.85. The molecule has 198 valence electrons. The quantitative estimate of drug-likeness (QED) is 0.396. The van der Waals surface area contributed by atoms with Crippen LogP contribution in [0.3, 0.4) is 0 Å². The Hall–Kier alpha value is -3.55. The maximum absolute atomic E-state index is 13.1. The molecule has 3 aromatic rings. The van der Waals surface area contributed by atoms with E-state index in [1.165, 1.54) is 16.4 Å². The zero-order valence-electron chi connectivity index (χ0n) is 19.5. The molecule has 0 bridgehead atoms. The number of hydrogen-bond donors (Lipinski definition) is 2. The summed E-state index contributed by atoms with van der Waals surface area (Å²) < 4.78 is 80.0. The van der Waals surface area contributed by atoms with Crippen LogP contribution in [0.25, 0.3) is 5.69 Å². The molecular weight excluding hydrogens is 524 g/mol. The van der Waals surface area contributed by atoms with Gasteiger partial charge in [0.05, 0.1) is 22.5 Å². The van der Waals surface area contributed by atoms with E-state index in [-0.39, 0.29) is 29.0 Å². The van der Waals surface area contributed by atoms with Crippen LogP contribution in [0, 0.1) is 0 Å². The van der Waals surface area contributed by atoms with E-state index in [0.717, 1.165) is 0 Å². The van der Waals surface area contributed by atoms with Crippen LogP contribution in [0.2, 0.25) is 0 Å². The number of thioether (sulfide) groups is 1. The first-order chi connectivity index (χ1) is 17.3. The van der Waals surface area contributed by atoms with Crippen LogP contribution in [-0.4, -0.2) is 39.6 Å². The second-order valence-electron chi connectivity index (χ2n) is 7.73. The molecule has 14 heteroatoms. The van der Waals surface area contributed by atoms with Gasteiger partial charge in [0.25, 0.3) is 11.8 Å². The average molecular weight is 546 g/mol. The van der Waals surface area contributed by atoms with E-state index < -0.39 is 35.9 Å². The topological polar surface area (TPSA) is 88.9 Å². The predicted molar refractivity (Wildman–Crippen MR) is 124 cm³/mol. The highest BCUT2D eigenvalue weighted by Gasteiger charge is 2.37. The minimum absolute atomic E-state index is 0.0185. The van der Waals surface area contributed by atoms with Gasteiger partial charge in [0, 0.05) is 24.4 Å². The minimum atomic E-state index is -5.00. The van der Waals surface area contributed by atoms with Gasteiger partial charge in [-0.15, -0.1) is 5.10 Å². The van der Waals surface area contributed by atoms with Crippen molar-refractivity contribution in [3.63, 3.8) is 0 Å². The minimum Gasteiger partial charge on any atom is -0.352 e. The number of hydrogen-bond acceptors (Lipinski definition) is 5. The lowest BCUT2D eigenvalue weighted by atomic mass is 10.0. The molecule has 0 unspecified atom stereocenters. The van der Waals surface area contributed by atoms with E-state index >= 15 is 0 Å². The Morgan fingerprint density at radius 2 is 1.51 bits per heavy atom.